The number of piperidine rings is 1. The third kappa shape index (κ3) is 5.04. The minimum atomic E-state index is -3.86. The van der Waals surface area contributed by atoms with Crippen LogP contribution in [0.5, 0.6) is 0 Å². The highest BCUT2D eigenvalue weighted by atomic mass is 35.5. The highest BCUT2D eigenvalue weighted by Crippen LogP contribution is 2.25. The number of anilines is 1. The topological polar surface area (TPSA) is 110 Å². The number of rotatable bonds is 5. The molecule has 1 heterocycles. The summed E-state index contributed by atoms with van der Waals surface area (Å²) in [6.45, 7) is 3.43. The molecule has 7 nitrogen and oxygen atoms in total. The van der Waals surface area contributed by atoms with Crippen molar-refractivity contribution in [2.45, 2.75) is 42.9 Å². The Hall–Kier alpha value is -0.940. The van der Waals surface area contributed by atoms with E-state index in [1.54, 1.807) is 0 Å². The summed E-state index contributed by atoms with van der Waals surface area (Å²) in [4.78, 5) is -0.221. The molecule has 0 bridgehead atoms. The Kier molecular flexibility index (Phi) is 7.22. The monoisotopic (exact) mass is 415 g/mol. The van der Waals surface area contributed by atoms with Crippen molar-refractivity contribution in [3.63, 3.8) is 0 Å². The predicted octanol–water partition coefficient (Wildman–Crippen LogP) is 1.51. The van der Waals surface area contributed by atoms with Crippen molar-refractivity contribution in [2.24, 2.45) is 5.73 Å². The lowest BCUT2D eigenvalue weighted by Gasteiger charge is -2.29. The average molecular weight is 416 g/mol. The molecule has 0 amide bonds. The Morgan fingerprint density at radius 1 is 1.28 bits per heavy atom. The van der Waals surface area contributed by atoms with E-state index in [2.05, 4.69) is 4.72 Å². The van der Waals surface area contributed by atoms with Gasteiger partial charge in [0.1, 0.15) is 5.82 Å². The van der Waals surface area contributed by atoms with E-state index in [1.807, 2.05) is 0 Å². The Morgan fingerprint density at radius 3 is 2.44 bits per heavy atom. The van der Waals surface area contributed by atoms with E-state index in [0.717, 1.165) is 18.6 Å². The lowest BCUT2D eigenvalue weighted by Crippen LogP contribution is -2.45. The number of hydrogen-bond donors (Lipinski definition) is 2. The van der Waals surface area contributed by atoms with Gasteiger partial charge in [0, 0.05) is 19.1 Å². The van der Waals surface area contributed by atoms with Gasteiger partial charge in [-0.25, -0.2) is 21.2 Å². The van der Waals surface area contributed by atoms with Gasteiger partial charge >= 0.3 is 0 Å². The fourth-order valence-electron chi connectivity index (χ4n) is 2.35. The summed E-state index contributed by atoms with van der Waals surface area (Å²) in [5, 5.41) is -0.741. The van der Waals surface area contributed by atoms with Crippen molar-refractivity contribution in [1.29, 1.82) is 0 Å². The van der Waals surface area contributed by atoms with Crippen LogP contribution in [0.25, 0.3) is 0 Å². The molecule has 1 aliphatic heterocycles. The van der Waals surface area contributed by atoms with Gasteiger partial charge in [-0.05, 0) is 44.9 Å². The highest BCUT2D eigenvalue weighted by Gasteiger charge is 2.29. The first-order valence-electron chi connectivity index (χ1n) is 7.61. The second-order valence-electron chi connectivity index (χ2n) is 6.10. The molecule has 1 aliphatic rings. The second-order valence-corrected chi connectivity index (χ2v) is 10.3. The van der Waals surface area contributed by atoms with Crippen molar-refractivity contribution in [2.75, 3.05) is 17.8 Å². The van der Waals surface area contributed by atoms with Gasteiger partial charge in [0.15, 0.2) is 0 Å². The molecule has 1 aromatic rings. The fraction of sp³-hybridized carbons (Fsp3) is 0.571. The maximum Gasteiger partial charge on any atom is 0.243 e. The van der Waals surface area contributed by atoms with Crippen LogP contribution in [0.15, 0.2) is 23.1 Å². The van der Waals surface area contributed by atoms with Gasteiger partial charge in [-0.3, -0.25) is 4.72 Å². The number of sulfonamides is 2. The summed E-state index contributed by atoms with van der Waals surface area (Å²) in [6.07, 6.45) is 1.39. The SMILES string of the molecule is CC(C)S(=O)(=O)Nc1ccc(S(=O)(=O)N2CCCC(N)C2)cc1F.Cl. The molecule has 25 heavy (non-hydrogen) atoms. The number of nitrogens with zero attached hydrogens (tertiary/aromatic N) is 1. The van der Waals surface area contributed by atoms with E-state index in [1.165, 1.54) is 24.2 Å². The van der Waals surface area contributed by atoms with E-state index in [0.29, 0.717) is 13.0 Å². The number of benzene rings is 1. The number of hydrogen-bond acceptors (Lipinski definition) is 5. The lowest BCUT2D eigenvalue weighted by atomic mass is 10.1. The van der Waals surface area contributed by atoms with Crippen molar-refractivity contribution < 1.29 is 21.2 Å². The van der Waals surface area contributed by atoms with Gasteiger partial charge < -0.3 is 5.73 Å². The van der Waals surface area contributed by atoms with Crippen LogP contribution in [0, 0.1) is 5.82 Å². The molecule has 0 spiro atoms. The van der Waals surface area contributed by atoms with Crippen LogP contribution in [0.4, 0.5) is 10.1 Å². The molecule has 1 aromatic carbocycles. The standard InChI is InChI=1S/C14H22FN3O4S2.ClH/c1-10(2)23(19,20)17-14-6-5-12(8-13(14)15)24(21,22)18-7-3-4-11(16)9-18;/h5-6,8,10-11,17H,3-4,7,9,16H2,1-2H3;1H. The third-order valence-corrected chi connectivity index (χ3v) is 7.48. The summed E-state index contributed by atoms with van der Waals surface area (Å²) in [5.74, 6) is -0.943. The molecule has 1 saturated heterocycles. The zero-order chi connectivity index (χ0) is 18.1. The molecular formula is C14H23ClFN3O4S2. The second kappa shape index (κ2) is 8.17. The molecule has 0 aliphatic carbocycles. The Bertz CT molecular complexity index is 815. The molecule has 11 heteroatoms. The summed E-state index contributed by atoms with van der Waals surface area (Å²) in [6, 6.07) is 2.90. The third-order valence-electron chi connectivity index (χ3n) is 3.87. The van der Waals surface area contributed by atoms with Gasteiger partial charge in [-0.15, -0.1) is 12.4 Å². The van der Waals surface area contributed by atoms with E-state index < -0.39 is 31.1 Å². The number of halogens is 2. The molecule has 0 radical (unpaired) electrons. The van der Waals surface area contributed by atoms with Crippen molar-refractivity contribution in [3.8, 4) is 0 Å². The van der Waals surface area contributed by atoms with Crippen molar-refractivity contribution >= 4 is 38.1 Å². The lowest BCUT2D eigenvalue weighted by molar-refractivity contribution is 0.316. The van der Waals surface area contributed by atoms with Crippen LogP contribution < -0.4 is 10.5 Å². The van der Waals surface area contributed by atoms with Crippen LogP contribution in [0.2, 0.25) is 0 Å². The smallest absolute Gasteiger partial charge is 0.243 e. The van der Waals surface area contributed by atoms with Crippen molar-refractivity contribution in [1.82, 2.24) is 4.31 Å². The van der Waals surface area contributed by atoms with Crippen molar-refractivity contribution in [3.05, 3.63) is 24.0 Å². The van der Waals surface area contributed by atoms with E-state index >= 15 is 0 Å². The molecule has 1 unspecified atom stereocenters. The summed E-state index contributed by atoms with van der Waals surface area (Å²) in [7, 11) is -7.57. The molecule has 2 rings (SSSR count). The Labute approximate surface area is 154 Å². The number of nitrogens with two attached hydrogens (primary N) is 1. The fourth-order valence-corrected chi connectivity index (χ4v) is 4.61. The van der Waals surface area contributed by atoms with Gasteiger partial charge in [0.05, 0.1) is 15.8 Å². The maximum absolute atomic E-state index is 14.2. The average Bonchev–Trinajstić information content (AvgIpc) is 2.49. The maximum atomic E-state index is 14.2. The van der Waals surface area contributed by atoms with E-state index in [-0.39, 0.29) is 35.6 Å². The van der Waals surface area contributed by atoms with Crippen LogP contribution in [0.3, 0.4) is 0 Å². The molecule has 0 saturated carbocycles. The zero-order valence-electron chi connectivity index (χ0n) is 14.0. The van der Waals surface area contributed by atoms with Crippen LogP contribution in [-0.4, -0.2) is 45.5 Å². The summed E-state index contributed by atoms with van der Waals surface area (Å²) >= 11 is 0. The van der Waals surface area contributed by atoms with E-state index in [9.17, 15) is 21.2 Å². The van der Waals surface area contributed by atoms with Crippen LogP contribution in [-0.2, 0) is 20.0 Å². The number of nitrogens with one attached hydrogen (secondary N) is 1. The quantitative estimate of drug-likeness (QED) is 0.757. The first kappa shape index (κ1) is 22.1. The zero-order valence-corrected chi connectivity index (χ0v) is 16.4. The predicted molar refractivity (Wildman–Crippen MR) is 97.3 cm³/mol. The molecule has 1 fully saturated rings. The first-order valence-corrected chi connectivity index (χ1v) is 10.6. The van der Waals surface area contributed by atoms with Crippen LogP contribution in [0.1, 0.15) is 26.7 Å². The molecule has 3 N–H and O–H groups in total. The minimum absolute atomic E-state index is 0. The summed E-state index contributed by atoms with van der Waals surface area (Å²) in [5.41, 5.74) is 5.52. The van der Waals surface area contributed by atoms with Gasteiger partial charge in [0.25, 0.3) is 0 Å². The normalized spacial score (nSPS) is 19.5. The minimum Gasteiger partial charge on any atom is -0.327 e. The Morgan fingerprint density at radius 2 is 1.92 bits per heavy atom. The molecule has 144 valence electrons. The highest BCUT2D eigenvalue weighted by molar-refractivity contribution is 7.93. The van der Waals surface area contributed by atoms with Gasteiger partial charge in [0.2, 0.25) is 20.0 Å². The molecular weight excluding hydrogens is 393 g/mol. The van der Waals surface area contributed by atoms with Gasteiger partial charge in [-0.1, -0.05) is 0 Å². The summed E-state index contributed by atoms with van der Waals surface area (Å²) < 4.78 is 66.2. The van der Waals surface area contributed by atoms with Crippen LogP contribution >= 0.6 is 12.4 Å². The Balaban J connectivity index is 0.00000312. The van der Waals surface area contributed by atoms with Gasteiger partial charge in [-0.2, -0.15) is 4.31 Å². The molecule has 1 atom stereocenters. The molecule has 0 aromatic heterocycles. The van der Waals surface area contributed by atoms with E-state index in [4.69, 9.17) is 5.73 Å². The largest absolute Gasteiger partial charge is 0.327 e. The first-order chi connectivity index (χ1) is 11.0.